The van der Waals surface area contributed by atoms with Crippen molar-refractivity contribution in [2.75, 3.05) is 33.7 Å². The summed E-state index contributed by atoms with van der Waals surface area (Å²) in [4.78, 5) is 4.94. The molecule has 0 bridgehead atoms. The lowest BCUT2D eigenvalue weighted by Crippen LogP contribution is -2.44. The predicted molar refractivity (Wildman–Crippen MR) is 113 cm³/mol. The first-order valence-electron chi connectivity index (χ1n) is 10.7. The molecule has 27 heavy (non-hydrogen) atoms. The van der Waals surface area contributed by atoms with Crippen LogP contribution < -0.4 is 0 Å². The molecule has 1 aliphatic heterocycles. The molecule has 146 valence electrons. The zero-order valence-corrected chi connectivity index (χ0v) is 16.9. The van der Waals surface area contributed by atoms with Crippen molar-refractivity contribution >= 4 is 10.8 Å². The van der Waals surface area contributed by atoms with Crippen LogP contribution in [0.1, 0.15) is 50.0 Å². The minimum Gasteiger partial charge on any atom is -0.389 e. The fourth-order valence-corrected chi connectivity index (χ4v) is 5.28. The molecule has 3 nitrogen and oxygen atoms in total. The highest BCUT2D eigenvalue weighted by atomic mass is 16.3. The van der Waals surface area contributed by atoms with E-state index in [2.05, 4.69) is 66.4 Å². The molecule has 1 heterocycles. The van der Waals surface area contributed by atoms with Crippen LogP contribution in [0.3, 0.4) is 0 Å². The first kappa shape index (κ1) is 18.9. The van der Waals surface area contributed by atoms with Gasteiger partial charge in [0, 0.05) is 25.0 Å². The largest absolute Gasteiger partial charge is 0.389 e. The second-order valence-corrected chi connectivity index (χ2v) is 8.95. The lowest BCUT2D eigenvalue weighted by atomic mass is 9.71. The van der Waals surface area contributed by atoms with E-state index in [0.29, 0.717) is 6.04 Å². The summed E-state index contributed by atoms with van der Waals surface area (Å²) in [7, 11) is 4.37. The van der Waals surface area contributed by atoms with Gasteiger partial charge in [0.05, 0.1) is 5.60 Å². The van der Waals surface area contributed by atoms with Crippen LogP contribution >= 0.6 is 0 Å². The third-order valence-corrected chi connectivity index (χ3v) is 6.99. The van der Waals surface area contributed by atoms with Crippen LogP contribution in [0, 0.1) is 0 Å². The topological polar surface area (TPSA) is 26.7 Å². The predicted octanol–water partition coefficient (Wildman–Crippen LogP) is 4.25. The van der Waals surface area contributed by atoms with E-state index >= 15 is 0 Å². The van der Waals surface area contributed by atoms with Gasteiger partial charge >= 0.3 is 0 Å². The number of hydrogen-bond donors (Lipinski definition) is 1. The van der Waals surface area contributed by atoms with Gasteiger partial charge in [-0.2, -0.15) is 0 Å². The summed E-state index contributed by atoms with van der Waals surface area (Å²) >= 11 is 0. The van der Waals surface area contributed by atoms with Gasteiger partial charge in [-0.15, -0.1) is 0 Å². The smallest absolute Gasteiger partial charge is 0.0728 e. The molecule has 3 heteroatoms. The molecule has 0 radical (unpaired) electrons. The molecule has 0 spiro atoms. The Morgan fingerprint density at radius 3 is 2.56 bits per heavy atom. The minimum atomic E-state index is -0.571. The van der Waals surface area contributed by atoms with Gasteiger partial charge in [0.15, 0.2) is 0 Å². The summed E-state index contributed by atoms with van der Waals surface area (Å²) in [6, 6.07) is 15.9. The number of benzene rings is 2. The summed E-state index contributed by atoms with van der Waals surface area (Å²) < 4.78 is 0. The normalized spacial score (nSPS) is 24.5. The Hall–Kier alpha value is -1.42. The summed E-state index contributed by atoms with van der Waals surface area (Å²) in [5.41, 5.74) is 0.768. The Morgan fingerprint density at radius 2 is 1.81 bits per heavy atom. The molecule has 4 rings (SSSR count). The van der Waals surface area contributed by atoms with Crippen molar-refractivity contribution in [1.82, 2.24) is 9.80 Å². The Labute approximate surface area is 164 Å². The Balaban J connectivity index is 1.68. The molecule has 1 saturated carbocycles. The quantitative estimate of drug-likeness (QED) is 0.857. The lowest BCUT2D eigenvalue weighted by Gasteiger charge is -2.41. The van der Waals surface area contributed by atoms with Gasteiger partial charge in [-0.1, -0.05) is 61.7 Å². The molecule has 1 aliphatic carbocycles. The van der Waals surface area contributed by atoms with E-state index in [1.165, 1.54) is 29.2 Å². The number of aliphatic hydroxyl groups is 1. The van der Waals surface area contributed by atoms with Crippen molar-refractivity contribution in [3.8, 4) is 0 Å². The number of nitrogens with zero attached hydrogens (tertiary/aromatic N) is 2. The third kappa shape index (κ3) is 3.91. The van der Waals surface area contributed by atoms with Crippen LogP contribution in [0.2, 0.25) is 0 Å². The average Bonchev–Trinajstić information content (AvgIpc) is 3.15. The van der Waals surface area contributed by atoms with Crippen molar-refractivity contribution in [3.63, 3.8) is 0 Å². The van der Waals surface area contributed by atoms with Crippen LogP contribution in [0.4, 0.5) is 0 Å². The van der Waals surface area contributed by atoms with Gasteiger partial charge in [-0.3, -0.25) is 0 Å². The first-order chi connectivity index (χ1) is 13.1. The van der Waals surface area contributed by atoms with E-state index in [9.17, 15) is 5.11 Å². The molecule has 2 fully saturated rings. The van der Waals surface area contributed by atoms with Crippen LogP contribution in [-0.2, 0) is 0 Å². The molecule has 1 N–H and O–H groups in total. The Morgan fingerprint density at radius 1 is 1.07 bits per heavy atom. The zero-order valence-electron chi connectivity index (χ0n) is 16.9. The van der Waals surface area contributed by atoms with Crippen LogP contribution in [-0.4, -0.2) is 60.3 Å². The van der Waals surface area contributed by atoms with E-state index in [4.69, 9.17) is 0 Å². The third-order valence-electron chi connectivity index (χ3n) is 6.99. The van der Waals surface area contributed by atoms with Gasteiger partial charge in [0.1, 0.15) is 0 Å². The molecule has 0 aromatic heterocycles. The molecular formula is C24H34N2O. The SMILES string of the molecule is CN(C)C1CCN(CC(c2cccc3ccccc23)C2(O)CCCCC2)C1. The number of likely N-dealkylation sites (N-methyl/N-ethyl adjacent to an activating group) is 1. The fourth-order valence-electron chi connectivity index (χ4n) is 5.28. The maximum absolute atomic E-state index is 11.7. The maximum Gasteiger partial charge on any atom is 0.0728 e. The Bertz CT molecular complexity index is 761. The van der Waals surface area contributed by atoms with Gasteiger partial charge in [-0.05, 0) is 56.2 Å². The zero-order chi connectivity index (χ0) is 18.9. The van der Waals surface area contributed by atoms with Crippen molar-refractivity contribution < 1.29 is 5.11 Å². The molecule has 2 aromatic carbocycles. The van der Waals surface area contributed by atoms with Gasteiger partial charge in [-0.25, -0.2) is 0 Å². The van der Waals surface area contributed by atoms with Crippen LogP contribution in [0.5, 0.6) is 0 Å². The van der Waals surface area contributed by atoms with Gasteiger partial charge in [0.2, 0.25) is 0 Å². The number of likely N-dealkylation sites (tertiary alicyclic amines) is 1. The van der Waals surface area contributed by atoms with E-state index in [0.717, 1.165) is 45.3 Å². The summed E-state index contributed by atoms with van der Waals surface area (Å²) in [5.74, 6) is 0.185. The minimum absolute atomic E-state index is 0.185. The Kier molecular flexibility index (Phi) is 5.54. The molecule has 2 aromatic rings. The standard InChI is InChI=1S/C24H34N2O/c1-25(2)20-13-16-26(17-20)18-23(24(27)14-6-3-7-15-24)22-12-8-10-19-9-4-5-11-21(19)22/h4-5,8-12,20,23,27H,3,6-7,13-18H2,1-2H3. The highest BCUT2D eigenvalue weighted by Crippen LogP contribution is 2.42. The molecule has 0 amide bonds. The highest BCUT2D eigenvalue weighted by molar-refractivity contribution is 5.86. The number of rotatable bonds is 5. The molecule has 2 aliphatic rings. The monoisotopic (exact) mass is 366 g/mol. The van der Waals surface area contributed by atoms with E-state index in [1.54, 1.807) is 0 Å². The van der Waals surface area contributed by atoms with Gasteiger partial charge in [0.25, 0.3) is 0 Å². The number of fused-ring (bicyclic) bond motifs is 1. The second kappa shape index (κ2) is 7.90. The molecular weight excluding hydrogens is 332 g/mol. The summed E-state index contributed by atoms with van der Waals surface area (Å²) in [6.45, 7) is 3.22. The highest BCUT2D eigenvalue weighted by Gasteiger charge is 2.41. The number of hydrogen-bond acceptors (Lipinski definition) is 3. The van der Waals surface area contributed by atoms with Gasteiger partial charge < -0.3 is 14.9 Å². The molecule has 1 saturated heterocycles. The summed E-state index contributed by atoms with van der Waals surface area (Å²) in [6.07, 6.45) is 6.67. The lowest BCUT2D eigenvalue weighted by molar-refractivity contribution is -0.0293. The van der Waals surface area contributed by atoms with Crippen molar-refractivity contribution in [2.24, 2.45) is 0 Å². The van der Waals surface area contributed by atoms with E-state index in [-0.39, 0.29) is 5.92 Å². The van der Waals surface area contributed by atoms with E-state index < -0.39 is 5.60 Å². The van der Waals surface area contributed by atoms with Crippen molar-refractivity contribution in [2.45, 2.75) is 56.1 Å². The van der Waals surface area contributed by atoms with Crippen LogP contribution in [0.15, 0.2) is 42.5 Å². The fraction of sp³-hybridized carbons (Fsp3) is 0.583. The molecule has 2 unspecified atom stereocenters. The average molecular weight is 367 g/mol. The van der Waals surface area contributed by atoms with Crippen LogP contribution in [0.25, 0.3) is 10.8 Å². The first-order valence-corrected chi connectivity index (χ1v) is 10.7. The van der Waals surface area contributed by atoms with E-state index in [1.807, 2.05) is 0 Å². The second-order valence-electron chi connectivity index (χ2n) is 8.95. The van der Waals surface area contributed by atoms with Crippen molar-refractivity contribution in [3.05, 3.63) is 48.0 Å². The molecule has 2 atom stereocenters. The van der Waals surface area contributed by atoms with Crippen molar-refractivity contribution in [1.29, 1.82) is 0 Å². The summed E-state index contributed by atoms with van der Waals surface area (Å²) in [5, 5.41) is 14.3. The maximum atomic E-state index is 11.7.